The first kappa shape index (κ1) is 24.0. The summed E-state index contributed by atoms with van der Waals surface area (Å²) in [5.41, 5.74) is 5.95. The predicted molar refractivity (Wildman–Crippen MR) is 132 cm³/mol. The van der Waals surface area contributed by atoms with Gasteiger partial charge in [-0.25, -0.2) is 9.78 Å². The lowest BCUT2D eigenvalue weighted by molar-refractivity contribution is 0.236. The molecule has 3 heterocycles. The highest BCUT2D eigenvalue weighted by Gasteiger charge is 2.42. The molecule has 0 aliphatic carbocycles. The van der Waals surface area contributed by atoms with Crippen LogP contribution in [0.3, 0.4) is 0 Å². The number of aromatic nitrogens is 4. The van der Waals surface area contributed by atoms with Crippen molar-refractivity contribution in [2.24, 2.45) is 0 Å². The molecule has 7 nitrogen and oxygen atoms in total. The second-order valence-electron chi connectivity index (χ2n) is 9.76. The number of amides is 2. The lowest BCUT2D eigenvalue weighted by Crippen LogP contribution is -2.43. The Morgan fingerprint density at radius 3 is 2.22 bits per heavy atom. The quantitative estimate of drug-likeness (QED) is 0.438. The molecule has 0 atom stereocenters. The first-order valence-corrected chi connectivity index (χ1v) is 13.8. The van der Waals surface area contributed by atoms with Crippen LogP contribution in [0.4, 0.5) is 10.6 Å². The van der Waals surface area contributed by atoms with Gasteiger partial charge in [-0.1, -0.05) is 47.6 Å². The maximum absolute atomic E-state index is 13.2. The molecule has 32 heavy (non-hydrogen) atoms. The van der Waals surface area contributed by atoms with Crippen molar-refractivity contribution in [2.75, 3.05) is 18.0 Å². The minimum atomic E-state index is -1.90. The summed E-state index contributed by atoms with van der Waals surface area (Å²) in [5, 5.41) is 8.27. The maximum atomic E-state index is 13.2. The van der Waals surface area contributed by atoms with Crippen LogP contribution in [0, 0.1) is 11.6 Å². The highest BCUT2D eigenvalue weighted by molar-refractivity contribution is 6.90. The molecule has 3 rings (SSSR count). The van der Waals surface area contributed by atoms with Gasteiger partial charge in [0.1, 0.15) is 25.9 Å². The number of pyridine rings is 1. The van der Waals surface area contributed by atoms with Gasteiger partial charge in [0.25, 0.3) is 0 Å². The zero-order valence-electron chi connectivity index (χ0n) is 20.6. The third-order valence-corrected chi connectivity index (χ3v) is 12.9. The molecule has 0 unspecified atom stereocenters. The number of rotatable bonds is 6. The van der Waals surface area contributed by atoms with Gasteiger partial charge in [-0.3, -0.25) is 9.80 Å². The molecule has 2 aromatic heterocycles. The van der Waals surface area contributed by atoms with Gasteiger partial charge in [0.2, 0.25) is 0 Å². The molecule has 172 valence electrons. The summed E-state index contributed by atoms with van der Waals surface area (Å²) in [6.45, 7) is 19.0. The molecular weight excluding hydrogens is 416 g/mol. The summed E-state index contributed by atoms with van der Waals surface area (Å²) in [6, 6.07) is 9.07. The topological polar surface area (TPSA) is 67.2 Å². The molecule has 0 saturated carbocycles. The number of carbonyl (C=O) groups is 1. The van der Waals surface area contributed by atoms with E-state index in [1.807, 2.05) is 22.8 Å². The average molecular weight is 453 g/mol. The van der Waals surface area contributed by atoms with Crippen LogP contribution in [-0.4, -0.2) is 51.8 Å². The third-order valence-electron chi connectivity index (χ3n) is 6.65. The molecule has 0 radical (unpaired) electrons. The van der Waals surface area contributed by atoms with Gasteiger partial charge in [0, 0.05) is 18.6 Å². The molecule has 8 heteroatoms. The van der Waals surface area contributed by atoms with Gasteiger partial charge in [0.15, 0.2) is 5.82 Å². The van der Waals surface area contributed by atoms with E-state index in [1.165, 1.54) is 0 Å². The smallest absolute Gasteiger partial charge is 0.310 e. The van der Waals surface area contributed by atoms with Gasteiger partial charge in [0.05, 0.1) is 6.54 Å². The number of anilines is 1. The lowest BCUT2D eigenvalue weighted by atomic mass is 10.3. The molecule has 1 aliphatic rings. The van der Waals surface area contributed by atoms with E-state index < -0.39 is 8.07 Å². The maximum Gasteiger partial charge on any atom is 0.337 e. The van der Waals surface area contributed by atoms with Crippen molar-refractivity contribution < 1.29 is 4.79 Å². The number of hydrogen-bond acceptors (Lipinski definition) is 4. The van der Waals surface area contributed by atoms with Gasteiger partial charge in [-0.05, 0) is 42.6 Å². The Bertz CT molecular complexity index is 995. The Labute approximate surface area is 193 Å². The van der Waals surface area contributed by atoms with Crippen molar-refractivity contribution in [3.05, 3.63) is 24.5 Å². The number of hydrogen-bond donors (Lipinski definition) is 0. The summed E-state index contributed by atoms with van der Waals surface area (Å²) in [5.74, 6) is 1.32. The SMILES string of the molecule is CC(C)n1cnnc1-c1cccc(N2CCN(C#C[Si](C(C)C)(C(C)C)C(C)C)C2=O)n1. The van der Waals surface area contributed by atoms with Crippen molar-refractivity contribution in [2.45, 2.75) is 78.1 Å². The van der Waals surface area contributed by atoms with E-state index in [2.05, 4.69) is 77.2 Å². The van der Waals surface area contributed by atoms with Crippen molar-refractivity contribution >= 4 is 19.9 Å². The Morgan fingerprint density at radius 1 is 0.969 bits per heavy atom. The molecule has 2 aromatic rings. The number of carbonyl (C=O) groups excluding carboxylic acids is 1. The van der Waals surface area contributed by atoms with Crippen LogP contribution in [0.5, 0.6) is 0 Å². The Balaban J connectivity index is 1.87. The largest absolute Gasteiger partial charge is 0.337 e. The van der Waals surface area contributed by atoms with E-state index in [9.17, 15) is 4.79 Å². The lowest BCUT2D eigenvalue weighted by Gasteiger charge is -2.38. The van der Waals surface area contributed by atoms with Crippen LogP contribution in [0.15, 0.2) is 24.5 Å². The molecular formula is C24H36N6OSi. The first-order chi connectivity index (χ1) is 15.1. The fourth-order valence-corrected chi connectivity index (χ4v) is 10.1. The van der Waals surface area contributed by atoms with Crippen molar-refractivity contribution in [3.8, 4) is 23.1 Å². The fraction of sp³-hybridized carbons (Fsp3) is 0.583. The normalized spacial score (nSPS) is 14.8. The zero-order valence-corrected chi connectivity index (χ0v) is 21.6. The zero-order chi connectivity index (χ0) is 23.6. The van der Waals surface area contributed by atoms with E-state index in [0.29, 0.717) is 47.0 Å². The van der Waals surface area contributed by atoms with Gasteiger partial charge >= 0.3 is 6.03 Å². The fourth-order valence-electron chi connectivity index (χ4n) is 4.95. The molecule has 0 bridgehead atoms. The first-order valence-electron chi connectivity index (χ1n) is 11.6. The minimum absolute atomic E-state index is 0.105. The average Bonchev–Trinajstić information content (AvgIpc) is 3.35. The van der Waals surface area contributed by atoms with E-state index in [4.69, 9.17) is 4.98 Å². The molecule has 0 N–H and O–H groups in total. The Morgan fingerprint density at radius 2 is 1.62 bits per heavy atom. The number of nitrogens with zero attached hydrogens (tertiary/aromatic N) is 6. The summed E-state index contributed by atoms with van der Waals surface area (Å²) >= 11 is 0. The van der Waals surface area contributed by atoms with Gasteiger partial charge < -0.3 is 4.57 Å². The Hall–Kier alpha value is -2.66. The van der Waals surface area contributed by atoms with Crippen LogP contribution >= 0.6 is 0 Å². The second-order valence-corrected chi connectivity index (χ2v) is 15.3. The molecule has 2 amide bonds. The molecule has 1 aliphatic heterocycles. The number of urea groups is 1. The molecule has 0 aromatic carbocycles. The summed E-state index contributed by atoms with van der Waals surface area (Å²) in [4.78, 5) is 21.3. The molecule has 0 spiro atoms. The van der Waals surface area contributed by atoms with Crippen LogP contribution in [0.25, 0.3) is 11.5 Å². The highest BCUT2D eigenvalue weighted by Crippen LogP contribution is 2.40. The summed E-state index contributed by atoms with van der Waals surface area (Å²) in [7, 11) is -1.90. The van der Waals surface area contributed by atoms with Gasteiger partial charge in [-0.2, -0.15) is 0 Å². The standard InChI is InChI=1S/C24H36N6OSi/c1-17(2)30-16-25-27-23(30)21-10-9-11-22(26-21)29-13-12-28(24(29)31)14-15-32(18(3)4,19(5)6)20(7)8/h9-11,16-20H,12-13H2,1-8H3. The van der Waals surface area contributed by atoms with E-state index in [-0.39, 0.29) is 12.1 Å². The van der Waals surface area contributed by atoms with Crippen LogP contribution in [0.2, 0.25) is 16.6 Å². The minimum Gasteiger partial charge on any atom is -0.310 e. The van der Waals surface area contributed by atoms with Crippen LogP contribution in [0.1, 0.15) is 61.4 Å². The van der Waals surface area contributed by atoms with Crippen molar-refractivity contribution in [3.63, 3.8) is 0 Å². The third kappa shape index (κ3) is 4.31. The molecule has 1 saturated heterocycles. The van der Waals surface area contributed by atoms with Gasteiger partial charge in [-0.15, -0.1) is 15.7 Å². The van der Waals surface area contributed by atoms with Crippen molar-refractivity contribution in [1.29, 1.82) is 0 Å². The summed E-state index contributed by atoms with van der Waals surface area (Å²) < 4.78 is 1.98. The van der Waals surface area contributed by atoms with Crippen molar-refractivity contribution in [1.82, 2.24) is 24.6 Å². The predicted octanol–water partition coefficient (Wildman–Crippen LogP) is 5.34. The van der Waals surface area contributed by atoms with E-state index in [0.717, 1.165) is 0 Å². The van der Waals surface area contributed by atoms with E-state index >= 15 is 0 Å². The highest BCUT2D eigenvalue weighted by atomic mass is 28.3. The second kappa shape index (κ2) is 9.45. The van der Waals surface area contributed by atoms with Crippen LogP contribution in [-0.2, 0) is 0 Å². The monoisotopic (exact) mass is 452 g/mol. The molecule has 1 fully saturated rings. The van der Waals surface area contributed by atoms with E-state index in [1.54, 1.807) is 16.1 Å². The Kier molecular flexibility index (Phi) is 7.08. The van der Waals surface area contributed by atoms with Crippen LogP contribution < -0.4 is 4.90 Å². The summed E-state index contributed by atoms with van der Waals surface area (Å²) in [6.07, 6.45) is 1.71.